The smallest absolute Gasteiger partial charge is 0.244 e. The second-order valence-electron chi connectivity index (χ2n) is 6.33. The van der Waals surface area contributed by atoms with Crippen molar-refractivity contribution in [1.82, 2.24) is 19.4 Å². The molecule has 4 atom stereocenters. The lowest BCUT2D eigenvalue weighted by atomic mass is 9.71. The summed E-state index contributed by atoms with van der Waals surface area (Å²) in [5.41, 5.74) is 0. The van der Waals surface area contributed by atoms with Gasteiger partial charge in [0.05, 0.1) is 18.3 Å². The second kappa shape index (κ2) is 5.92. The Morgan fingerprint density at radius 2 is 2.27 bits per heavy atom. The van der Waals surface area contributed by atoms with Crippen LogP contribution in [0.1, 0.15) is 19.8 Å². The summed E-state index contributed by atoms with van der Waals surface area (Å²) in [6.45, 7) is 3.47. The fourth-order valence-corrected chi connectivity index (χ4v) is 4.79. The number of rotatable bonds is 6. The number of aromatic nitrogens is 2. The van der Waals surface area contributed by atoms with Crippen molar-refractivity contribution in [2.75, 3.05) is 20.7 Å². The van der Waals surface area contributed by atoms with Gasteiger partial charge in [0.2, 0.25) is 10.0 Å². The quantitative estimate of drug-likeness (QED) is 0.812. The van der Waals surface area contributed by atoms with Crippen LogP contribution in [0.25, 0.3) is 0 Å². The summed E-state index contributed by atoms with van der Waals surface area (Å²) in [7, 11) is 0.384. The maximum atomic E-state index is 12.6. The van der Waals surface area contributed by atoms with Gasteiger partial charge in [-0.25, -0.2) is 13.1 Å². The van der Waals surface area contributed by atoms with E-state index in [1.807, 2.05) is 25.9 Å². The third-order valence-electron chi connectivity index (χ3n) is 4.61. The molecule has 2 fully saturated rings. The van der Waals surface area contributed by atoms with Crippen LogP contribution in [0.4, 0.5) is 0 Å². The zero-order valence-electron chi connectivity index (χ0n) is 13.3. The van der Waals surface area contributed by atoms with E-state index in [4.69, 9.17) is 4.74 Å². The molecule has 1 aromatic heterocycles. The largest absolute Gasteiger partial charge is 0.376 e. The minimum Gasteiger partial charge on any atom is -0.376 e. The third-order valence-corrected chi connectivity index (χ3v) is 6.02. The average molecular weight is 328 g/mol. The van der Waals surface area contributed by atoms with Crippen molar-refractivity contribution >= 4 is 10.0 Å². The molecule has 1 saturated carbocycles. The molecule has 1 N–H and O–H groups in total. The molecule has 22 heavy (non-hydrogen) atoms. The number of hydrogen-bond donors (Lipinski definition) is 1. The number of nitrogens with zero attached hydrogens (tertiary/aromatic N) is 3. The molecular formula is C14H24N4O3S. The third kappa shape index (κ3) is 2.68. The van der Waals surface area contributed by atoms with Crippen molar-refractivity contribution in [3.63, 3.8) is 0 Å². The van der Waals surface area contributed by atoms with Crippen molar-refractivity contribution in [1.29, 1.82) is 0 Å². The molecule has 1 aliphatic carbocycles. The summed E-state index contributed by atoms with van der Waals surface area (Å²) >= 11 is 0. The van der Waals surface area contributed by atoms with Gasteiger partial charge >= 0.3 is 0 Å². The molecule has 8 heteroatoms. The maximum Gasteiger partial charge on any atom is 0.244 e. The molecular weight excluding hydrogens is 304 g/mol. The number of aryl methyl sites for hydroxylation is 1. The summed E-state index contributed by atoms with van der Waals surface area (Å²) in [5.74, 6) is 0.271. The maximum absolute atomic E-state index is 12.6. The van der Waals surface area contributed by atoms with Gasteiger partial charge in [-0.2, -0.15) is 5.10 Å². The fraction of sp³-hybridized carbons (Fsp3) is 0.786. The highest BCUT2D eigenvalue weighted by Crippen LogP contribution is 2.41. The predicted octanol–water partition coefficient (Wildman–Crippen LogP) is 0.289. The van der Waals surface area contributed by atoms with Crippen molar-refractivity contribution in [3.05, 3.63) is 12.4 Å². The van der Waals surface area contributed by atoms with Crippen LogP contribution < -0.4 is 4.72 Å². The van der Waals surface area contributed by atoms with E-state index in [0.717, 1.165) is 19.4 Å². The van der Waals surface area contributed by atoms with Gasteiger partial charge in [0, 0.05) is 31.3 Å². The van der Waals surface area contributed by atoms with E-state index < -0.39 is 10.0 Å². The number of likely N-dealkylation sites (N-methyl/N-ethyl adjacent to an activating group) is 1. The Hall–Kier alpha value is -0.960. The summed E-state index contributed by atoms with van der Waals surface area (Å²) in [6, 6.07) is -0.00464. The van der Waals surface area contributed by atoms with Crippen LogP contribution in [-0.4, -0.2) is 62.0 Å². The molecule has 2 aliphatic rings. The van der Waals surface area contributed by atoms with Crippen LogP contribution >= 0.6 is 0 Å². The first-order valence-corrected chi connectivity index (χ1v) is 9.25. The van der Waals surface area contributed by atoms with Gasteiger partial charge in [0.25, 0.3) is 0 Å². The van der Waals surface area contributed by atoms with E-state index >= 15 is 0 Å². The number of sulfonamides is 1. The van der Waals surface area contributed by atoms with Crippen LogP contribution in [0.3, 0.4) is 0 Å². The summed E-state index contributed by atoms with van der Waals surface area (Å²) < 4.78 is 35.4. The van der Waals surface area contributed by atoms with Gasteiger partial charge in [-0.15, -0.1) is 0 Å². The number of hydrogen-bond acceptors (Lipinski definition) is 5. The van der Waals surface area contributed by atoms with E-state index in [0.29, 0.717) is 6.61 Å². The normalized spacial score (nSPS) is 31.3. The molecule has 3 rings (SSSR count). The predicted molar refractivity (Wildman–Crippen MR) is 81.9 cm³/mol. The molecule has 0 unspecified atom stereocenters. The first-order valence-electron chi connectivity index (χ1n) is 7.77. The molecule has 2 heterocycles. The molecule has 0 aromatic carbocycles. The van der Waals surface area contributed by atoms with E-state index in [1.165, 1.54) is 6.20 Å². The molecule has 0 spiro atoms. The highest BCUT2D eigenvalue weighted by molar-refractivity contribution is 7.89. The topological polar surface area (TPSA) is 76.5 Å². The van der Waals surface area contributed by atoms with Gasteiger partial charge < -0.3 is 9.64 Å². The number of fused-ring (bicyclic) bond motifs is 1. The Bertz CT molecular complexity index is 628. The highest BCUT2D eigenvalue weighted by atomic mass is 32.2. The van der Waals surface area contributed by atoms with Crippen LogP contribution in [-0.2, 0) is 21.3 Å². The lowest BCUT2D eigenvalue weighted by molar-refractivity contribution is -0.0626. The SMILES string of the molecule is CCCn1cc(S(=O)(=O)N[C@H]2[C@H]3CCO[C@H]3[C@@H]2N(C)C)cn1. The van der Waals surface area contributed by atoms with E-state index in [9.17, 15) is 8.42 Å². The van der Waals surface area contributed by atoms with Crippen molar-refractivity contribution in [3.8, 4) is 0 Å². The summed E-state index contributed by atoms with van der Waals surface area (Å²) in [4.78, 5) is 2.28. The average Bonchev–Trinajstić information content (AvgIpc) is 3.04. The Morgan fingerprint density at radius 1 is 1.50 bits per heavy atom. The van der Waals surface area contributed by atoms with Gasteiger partial charge in [0.15, 0.2) is 0 Å². The Kier molecular flexibility index (Phi) is 4.28. The molecule has 1 saturated heterocycles. The first-order chi connectivity index (χ1) is 10.4. The summed E-state index contributed by atoms with van der Waals surface area (Å²) in [6.07, 6.45) is 4.99. The lowest BCUT2D eigenvalue weighted by Gasteiger charge is -2.50. The molecule has 0 amide bonds. The second-order valence-corrected chi connectivity index (χ2v) is 8.04. The molecule has 1 aliphatic heterocycles. The monoisotopic (exact) mass is 328 g/mol. The van der Waals surface area contributed by atoms with Crippen LogP contribution in [0, 0.1) is 5.92 Å². The van der Waals surface area contributed by atoms with Gasteiger partial charge in [0.1, 0.15) is 4.90 Å². The molecule has 124 valence electrons. The molecule has 0 bridgehead atoms. The Labute approximate surface area is 131 Å². The fourth-order valence-electron chi connectivity index (χ4n) is 3.53. The number of ether oxygens (including phenoxy) is 1. The lowest BCUT2D eigenvalue weighted by Crippen LogP contribution is -2.69. The van der Waals surface area contributed by atoms with Crippen LogP contribution in [0.15, 0.2) is 17.3 Å². The van der Waals surface area contributed by atoms with Crippen molar-refractivity contribution < 1.29 is 13.2 Å². The summed E-state index contributed by atoms with van der Waals surface area (Å²) in [5, 5.41) is 4.11. The first kappa shape index (κ1) is 15.9. The Balaban J connectivity index is 1.75. The zero-order valence-corrected chi connectivity index (χ0v) is 14.1. The van der Waals surface area contributed by atoms with Gasteiger partial charge in [-0.3, -0.25) is 4.68 Å². The van der Waals surface area contributed by atoms with Crippen molar-refractivity contribution in [2.24, 2.45) is 5.92 Å². The Morgan fingerprint density at radius 3 is 2.95 bits per heavy atom. The molecule has 1 aromatic rings. The standard InChI is InChI=1S/C14H24N4O3S/c1-4-6-18-9-10(8-15-18)22(19,20)16-12-11-5-7-21-14(11)13(12)17(2)3/h8-9,11-14,16H,4-7H2,1-3H3/t11-,12+,13-,14-/m1/s1. The van der Waals surface area contributed by atoms with Gasteiger partial charge in [-0.1, -0.05) is 6.92 Å². The minimum absolute atomic E-state index is 0.0907. The van der Waals surface area contributed by atoms with Crippen LogP contribution in [0.2, 0.25) is 0 Å². The number of nitrogens with one attached hydrogen (secondary N) is 1. The zero-order chi connectivity index (χ0) is 15.9. The molecule has 0 radical (unpaired) electrons. The molecule has 7 nitrogen and oxygen atoms in total. The highest BCUT2D eigenvalue weighted by Gasteiger charge is 2.56. The van der Waals surface area contributed by atoms with Gasteiger partial charge in [-0.05, 0) is 26.9 Å². The van der Waals surface area contributed by atoms with E-state index in [1.54, 1.807) is 10.9 Å². The van der Waals surface area contributed by atoms with E-state index in [2.05, 4.69) is 9.82 Å². The van der Waals surface area contributed by atoms with Crippen LogP contribution in [0.5, 0.6) is 0 Å². The minimum atomic E-state index is -3.54. The van der Waals surface area contributed by atoms with E-state index in [-0.39, 0.29) is 29.0 Å². The van der Waals surface area contributed by atoms with Crippen molar-refractivity contribution in [2.45, 2.75) is 49.4 Å².